The van der Waals surface area contributed by atoms with Gasteiger partial charge < -0.3 is 19.9 Å². The topological polar surface area (TPSA) is 84.6 Å². The number of nitrogens with zero attached hydrogens (tertiary/aromatic N) is 3. The molecule has 1 spiro atoms. The third kappa shape index (κ3) is 5.21. The van der Waals surface area contributed by atoms with E-state index in [0.717, 1.165) is 50.4 Å². The summed E-state index contributed by atoms with van der Waals surface area (Å²) in [6.45, 7) is 2.62. The highest BCUT2D eigenvalue weighted by Gasteiger charge is 2.43. The minimum absolute atomic E-state index is 0. The zero-order valence-corrected chi connectivity index (χ0v) is 19.4. The van der Waals surface area contributed by atoms with Gasteiger partial charge in [0.25, 0.3) is 0 Å². The summed E-state index contributed by atoms with van der Waals surface area (Å²) in [6.07, 6.45) is 7.40. The summed E-state index contributed by atoms with van der Waals surface area (Å²) in [4.78, 5) is 8.66. The predicted octanol–water partition coefficient (Wildman–Crippen LogP) is 3.93. The fourth-order valence-corrected chi connectivity index (χ4v) is 4.32. The van der Waals surface area contributed by atoms with Crippen molar-refractivity contribution in [2.75, 3.05) is 13.6 Å². The second kappa shape index (κ2) is 9.77. The van der Waals surface area contributed by atoms with Crippen LogP contribution in [0.2, 0.25) is 0 Å². The molecule has 2 aromatic rings. The summed E-state index contributed by atoms with van der Waals surface area (Å²) in [5, 5.41) is 10.9. The Morgan fingerprint density at radius 2 is 2.07 bits per heavy atom. The molecule has 1 unspecified atom stereocenters. The van der Waals surface area contributed by atoms with Gasteiger partial charge in [0.05, 0.1) is 6.04 Å². The zero-order chi connectivity index (χ0) is 19.4. The highest BCUT2D eigenvalue weighted by atomic mass is 127. The van der Waals surface area contributed by atoms with Crippen molar-refractivity contribution in [2.45, 2.75) is 63.5 Å². The Hall–Kier alpha value is -1.84. The second-order valence-corrected chi connectivity index (χ2v) is 7.77. The molecule has 7 nitrogen and oxygen atoms in total. The number of guanidine groups is 1. The molecule has 1 aliphatic carbocycles. The van der Waals surface area contributed by atoms with Crippen molar-refractivity contribution in [1.29, 1.82) is 0 Å². The molecular weight excluding hydrogens is 481 g/mol. The number of rotatable bonds is 5. The summed E-state index contributed by atoms with van der Waals surface area (Å²) in [6, 6.07) is 8.57. The number of para-hydroxylation sites is 1. The Morgan fingerprint density at radius 1 is 1.28 bits per heavy atom. The first-order valence-corrected chi connectivity index (χ1v) is 10.2. The molecule has 0 bridgehead atoms. The number of halogens is 1. The molecule has 1 aromatic heterocycles. The standard InChI is InChI=1S/C21H29N5O2.HI/c1-15-24-19(28-26-15)10-7-13-23-20(22-2)25-17-14-21(11-5-6-12-21)27-18-9-4-3-8-16(17)18;/h3-4,8-9,17H,5-7,10-14H2,1-2H3,(H2,22,23,25);1H. The molecule has 158 valence electrons. The average Bonchev–Trinajstić information content (AvgIpc) is 3.33. The van der Waals surface area contributed by atoms with Crippen LogP contribution in [0.3, 0.4) is 0 Å². The molecule has 0 saturated heterocycles. The van der Waals surface area contributed by atoms with Crippen molar-refractivity contribution in [3.63, 3.8) is 0 Å². The van der Waals surface area contributed by atoms with Crippen molar-refractivity contribution in [1.82, 2.24) is 20.8 Å². The molecular formula is C21H30IN5O2. The van der Waals surface area contributed by atoms with Crippen molar-refractivity contribution in [2.24, 2.45) is 4.99 Å². The lowest BCUT2D eigenvalue weighted by Crippen LogP contribution is -2.46. The Balaban J connectivity index is 0.00000240. The molecule has 2 heterocycles. The van der Waals surface area contributed by atoms with E-state index in [2.05, 4.69) is 50.0 Å². The van der Waals surface area contributed by atoms with Gasteiger partial charge in [-0.15, -0.1) is 24.0 Å². The normalized spacial score (nSPS) is 19.9. The van der Waals surface area contributed by atoms with E-state index in [1.165, 1.54) is 18.4 Å². The summed E-state index contributed by atoms with van der Waals surface area (Å²) in [5.41, 5.74) is 1.19. The molecule has 0 radical (unpaired) electrons. The lowest BCUT2D eigenvalue weighted by molar-refractivity contribution is 0.0396. The Morgan fingerprint density at radius 3 is 2.79 bits per heavy atom. The van der Waals surface area contributed by atoms with Crippen LogP contribution in [0, 0.1) is 6.92 Å². The fraction of sp³-hybridized carbons (Fsp3) is 0.571. The molecule has 2 aliphatic rings. The maximum absolute atomic E-state index is 6.45. The van der Waals surface area contributed by atoms with Crippen molar-refractivity contribution in [3.8, 4) is 5.75 Å². The van der Waals surface area contributed by atoms with Crippen LogP contribution in [0.15, 0.2) is 33.8 Å². The fourth-order valence-electron chi connectivity index (χ4n) is 4.32. The minimum atomic E-state index is -0.0271. The van der Waals surface area contributed by atoms with Crippen LogP contribution >= 0.6 is 24.0 Å². The van der Waals surface area contributed by atoms with E-state index in [4.69, 9.17) is 9.26 Å². The van der Waals surface area contributed by atoms with Gasteiger partial charge in [-0.25, -0.2) is 0 Å². The first-order valence-electron chi connectivity index (χ1n) is 10.2. The van der Waals surface area contributed by atoms with E-state index in [1.54, 1.807) is 0 Å². The van der Waals surface area contributed by atoms with Gasteiger partial charge in [-0.1, -0.05) is 23.4 Å². The van der Waals surface area contributed by atoms with Crippen molar-refractivity contribution in [3.05, 3.63) is 41.5 Å². The number of aliphatic imine (C=N–C) groups is 1. The number of fused-ring (bicyclic) bond motifs is 1. The lowest BCUT2D eigenvalue weighted by Gasteiger charge is -2.40. The maximum Gasteiger partial charge on any atom is 0.226 e. The number of aryl methyl sites for hydroxylation is 2. The molecule has 1 fully saturated rings. The SMILES string of the molecule is CN=C(NCCCc1nc(C)no1)NC1CC2(CCCC2)Oc2ccccc21.I. The lowest BCUT2D eigenvalue weighted by atomic mass is 9.86. The largest absolute Gasteiger partial charge is 0.487 e. The first-order chi connectivity index (χ1) is 13.7. The predicted molar refractivity (Wildman–Crippen MR) is 123 cm³/mol. The summed E-state index contributed by atoms with van der Waals surface area (Å²) >= 11 is 0. The molecule has 1 atom stereocenters. The third-order valence-electron chi connectivity index (χ3n) is 5.68. The Kier molecular flexibility index (Phi) is 7.37. The monoisotopic (exact) mass is 511 g/mol. The van der Waals surface area contributed by atoms with E-state index < -0.39 is 0 Å². The van der Waals surface area contributed by atoms with E-state index in [1.807, 2.05) is 14.0 Å². The molecule has 2 N–H and O–H groups in total. The van der Waals surface area contributed by atoms with Crippen LogP contribution in [0.1, 0.15) is 61.8 Å². The van der Waals surface area contributed by atoms with Gasteiger partial charge in [-0.2, -0.15) is 4.98 Å². The summed E-state index contributed by atoms with van der Waals surface area (Å²) < 4.78 is 11.6. The quantitative estimate of drug-likeness (QED) is 0.274. The van der Waals surface area contributed by atoms with Crippen molar-refractivity contribution < 1.29 is 9.26 Å². The zero-order valence-electron chi connectivity index (χ0n) is 17.1. The summed E-state index contributed by atoms with van der Waals surface area (Å²) in [5.74, 6) is 3.19. The van der Waals surface area contributed by atoms with Crippen LogP contribution in [-0.4, -0.2) is 35.3 Å². The number of benzene rings is 1. The van der Waals surface area contributed by atoms with Gasteiger partial charge in [0.15, 0.2) is 11.8 Å². The Labute approximate surface area is 189 Å². The third-order valence-corrected chi connectivity index (χ3v) is 5.68. The van der Waals surface area contributed by atoms with Gasteiger partial charge >= 0.3 is 0 Å². The van der Waals surface area contributed by atoms with Crippen LogP contribution in [0.25, 0.3) is 0 Å². The number of hydrogen-bond donors (Lipinski definition) is 2. The molecule has 8 heteroatoms. The average molecular weight is 511 g/mol. The highest BCUT2D eigenvalue weighted by Crippen LogP contribution is 2.46. The Bertz CT molecular complexity index is 832. The number of nitrogens with one attached hydrogen (secondary N) is 2. The van der Waals surface area contributed by atoms with Gasteiger partial charge in [0.1, 0.15) is 11.4 Å². The van der Waals surface area contributed by atoms with Crippen LogP contribution in [-0.2, 0) is 6.42 Å². The smallest absolute Gasteiger partial charge is 0.226 e. The van der Waals surface area contributed by atoms with Crippen LogP contribution < -0.4 is 15.4 Å². The molecule has 1 aromatic carbocycles. The molecule has 4 rings (SSSR count). The molecule has 1 aliphatic heterocycles. The number of hydrogen-bond acceptors (Lipinski definition) is 5. The van der Waals surface area contributed by atoms with Gasteiger partial charge in [0.2, 0.25) is 5.89 Å². The highest BCUT2D eigenvalue weighted by molar-refractivity contribution is 14.0. The van der Waals surface area contributed by atoms with E-state index in [-0.39, 0.29) is 35.6 Å². The molecule has 1 saturated carbocycles. The van der Waals surface area contributed by atoms with Crippen molar-refractivity contribution >= 4 is 29.9 Å². The van der Waals surface area contributed by atoms with Crippen LogP contribution in [0.4, 0.5) is 0 Å². The van der Waals surface area contributed by atoms with Gasteiger partial charge in [0, 0.05) is 32.0 Å². The number of ether oxygens (including phenoxy) is 1. The summed E-state index contributed by atoms with van der Waals surface area (Å²) in [7, 11) is 1.81. The van der Waals surface area contributed by atoms with Crippen LogP contribution in [0.5, 0.6) is 5.75 Å². The maximum atomic E-state index is 6.45. The van der Waals surface area contributed by atoms with Gasteiger partial charge in [-0.05, 0) is 45.1 Å². The second-order valence-electron chi connectivity index (χ2n) is 7.77. The first kappa shape index (κ1) is 21.9. The van der Waals surface area contributed by atoms with E-state index in [0.29, 0.717) is 11.7 Å². The minimum Gasteiger partial charge on any atom is -0.487 e. The van der Waals surface area contributed by atoms with E-state index in [9.17, 15) is 0 Å². The van der Waals surface area contributed by atoms with E-state index >= 15 is 0 Å². The number of aromatic nitrogens is 2. The van der Waals surface area contributed by atoms with Gasteiger partial charge in [-0.3, -0.25) is 4.99 Å². The molecule has 0 amide bonds. The molecule has 29 heavy (non-hydrogen) atoms.